The number of pyridine rings is 1. The number of nitrogens with one attached hydrogen (secondary N) is 3. The molecule has 0 radical (unpaired) electrons. The highest BCUT2D eigenvalue weighted by Gasteiger charge is 2.17. The van der Waals surface area contributed by atoms with Crippen LogP contribution in [0.2, 0.25) is 10.0 Å². The molecule has 0 saturated carbocycles. The van der Waals surface area contributed by atoms with Crippen LogP contribution >= 0.6 is 35.0 Å². The van der Waals surface area contributed by atoms with Crippen LogP contribution in [0.1, 0.15) is 22.8 Å². The van der Waals surface area contributed by atoms with Gasteiger partial charge in [-0.2, -0.15) is 0 Å². The SMILES string of the molecule is CC(Sc1ccc(NC(=O)/C(=C/c2ccccc2Cl)NC(=O)c2ccccc2)cc1)C(=O)Nc1ccc(Cl)cn1. The highest BCUT2D eigenvalue weighted by molar-refractivity contribution is 8.00. The number of amides is 3. The van der Waals surface area contributed by atoms with Gasteiger partial charge in [-0.3, -0.25) is 14.4 Å². The normalized spacial score (nSPS) is 11.8. The molecule has 3 amide bonds. The molecule has 3 N–H and O–H groups in total. The third kappa shape index (κ3) is 8.19. The van der Waals surface area contributed by atoms with E-state index in [1.807, 2.05) is 0 Å². The predicted molar refractivity (Wildman–Crippen MR) is 162 cm³/mol. The number of nitrogens with zero attached hydrogens (tertiary/aromatic N) is 1. The van der Waals surface area contributed by atoms with Crippen molar-refractivity contribution in [1.29, 1.82) is 0 Å². The summed E-state index contributed by atoms with van der Waals surface area (Å²) >= 11 is 13.5. The summed E-state index contributed by atoms with van der Waals surface area (Å²) in [4.78, 5) is 43.5. The van der Waals surface area contributed by atoms with E-state index in [4.69, 9.17) is 23.2 Å². The Morgan fingerprint density at radius 2 is 1.55 bits per heavy atom. The van der Waals surface area contributed by atoms with Gasteiger partial charge in [0.1, 0.15) is 11.5 Å². The lowest BCUT2D eigenvalue weighted by atomic mass is 10.1. The number of halogens is 2. The van der Waals surface area contributed by atoms with Crippen LogP contribution in [0.4, 0.5) is 11.5 Å². The van der Waals surface area contributed by atoms with Crippen LogP contribution < -0.4 is 16.0 Å². The van der Waals surface area contributed by atoms with Gasteiger partial charge in [0.2, 0.25) is 5.91 Å². The van der Waals surface area contributed by atoms with Gasteiger partial charge in [0.25, 0.3) is 11.8 Å². The van der Waals surface area contributed by atoms with Crippen LogP contribution in [0.25, 0.3) is 6.08 Å². The summed E-state index contributed by atoms with van der Waals surface area (Å²) in [5.41, 5.74) is 1.53. The molecule has 0 aliphatic rings. The summed E-state index contributed by atoms with van der Waals surface area (Å²) < 4.78 is 0. The highest BCUT2D eigenvalue weighted by atomic mass is 35.5. The van der Waals surface area contributed by atoms with E-state index >= 15 is 0 Å². The maximum Gasteiger partial charge on any atom is 0.272 e. The smallest absolute Gasteiger partial charge is 0.272 e. The molecule has 1 aromatic heterocycles. The Hall–Kier alpha value is -4.11. The minimum absolute atomic E-state index is 0.0292. The number of anilines is 2. The third-order valence-electron chi connectivity index (χ3n) is 5.51. The summed E-state index contributed by atoms with van der Waals surface area (Å²) in [7, 11) is 0. The second-order valence-electron chi connectivity index (χ2n) is 8.49. The maximum absolute atomic E-state index is 13.2. The molecule has 40 heavy (non-hydrogen) atoms. The van der Waals surface area contributed by atoms with E-state index in [2.05, 4.69) is 20.9 Å². The van der Waals surface area contributed by atoms with Crippen molar-refractivity contribution in [2.24, 2.45) is 0 Å². The zero-order valence-electron chi connectivity index (χ0n) is 21.2. The van der Waals surface area contributed by atoms with Crippen molar-refractivity contribution < 1.29 is 14.4 Å². The van der Waals surface area contributed by atoms with E-state index < -0.39 is 17.1 Å². The number of carbonyl (C=O) groups is 3. The zero-order chi connectivity index (χ0) is 28.5. The summed E-state index contributed by atoms with van der Waals surface area (Å²) in [6, 6.07) is 25.9. The minimum atomic E-state index is -0.521. The molecule has 0 saturated heterocycles. The first-order chi connectivity index (χ1) is 19.3. The molecule has 0 aliphatic carbocycles. The fourth-order valence-corrected chi connectivity index (χ4v) is 4.61. The zero-order valence-corrected chi connectivity index (χ0v) is 23.6. The number of hydrogen-bond donors (Lipinski definition) is 3. The number of carbonyl (C=O) groups excluding carboxylic acids is 3. The molecular weight excluding hydrogens is 567 g/mol. The summed E-state index contributed by atoms with van der Waals surface area (Å²) in [6.45, 7) is 1.78. The van der Waals surface area contributed by atoms with Gasteiger partial charge in [-0.05, 0) is 73.2 Å². The van der Waals surface area contributed by atoms with Gasteiger partial charge in [0, 0.05) is 27.4 Å². The Kier molecular flexibility index (Phi) is 9.96. The maximum atomic E-state index is 13.2. The van der Waals surface area contributed by atoms with Crippen LogP contribution in [0.5, 0.6) is 0 Å². The van der Waals surface area contributed by atoms with E-state index in [0.29, 0.717) is 32.7 Å². The van der Waals surface area contributed by atoms with E-state index in [1.54, 1.807) is 97.9 Å². The average molecular weight is 592 g/mol. The van der Waals surface area contributed by atoms with Crippen LogP contribution in [-0.4, -0.2) is 28.0 Å². The van der Waals surface area contributed by atoms with Crippen molar-refractivity contribution in [3.05, 3.63) is 124 Å². The second-order valence-corrected chi connectivity index (χ2v) is 10.7. The molecule has 0 fully saturated rings. The molecule has 0 bridgehead atoms. The van der Waals surface area contributed by atoms with Crippen molar-refractivity contribution in [2.75, 3.05) is 10.6 Å². The van der Waals surface area contributed by atoms with E-state index in [-0.39, 0.29) is 11.6 Å². The van der Waals surface area contributed by atoms with E-state index in [0.717, 1.165) is 4.90 Å². The molecule has 7 nitrogen and oxygen atoms in total. The quantitative estimate of drug-likeness (QED) is 0.145. The number of rotatable bonds is 9. The van der Waals surface area contributed by atoms with Gasteiger partial charge < -0.3 is 16.0 Å². The van der Waals surface area contributed by atoms with Gasteiger partial charge in [-0.15, -0.1) is 11.8 Å². The van der Waals surface area contributed by atoms with Crippen molar-refractivity contribution >= 4 is 70.3 Å². The topological polar surface area (TPSA) is 100 Å². The standard InChI is InChI=1S/C30H24Cl2N4O3S/c1-19(28(37)36-27-16-11-22(31)18-33-27)40-24-14-12-23(13-15-24)34-30(39)26(17-21-9-5-6-10-25(21)32)35-29(38)20-7-3-2-4-8-20/h2-19H,1H3,(H,34,39)(H,35,38)(H,33,36,37)/b26-17-. The fraction of sp³-hybridized carbons (Fsp3) is 0.0667. The van der Waals surface area contributed by atoms with Crippen LogP contribution in [0.15, 0.2) is 108 Å². The Bertz CT molecular complexity index is 1530. The minimum Gasteiger partial charge on any atom is -0.321 e. The Balaban J connectivity index is 1.43. The molecule has 1 heterocycles. The van der Waals surface area contributed by atoms with E-state index in [1.165, 1.54) is 24.0 Å². The predicted octanol–water partition coefficient (Wildman–Crippen LogP) is 6.92. The number of aromatic nitrogens is 1. The number of benzene rings is 3. The Morgan fingerprint density at radius 3 is 2.23 bits per heavy atom. The van der Waals surface area contributed by atoms with Crippen LogP contribution in [0.3, 0.4) is 0 Å². The molecule has 3 aromatic carbocycles. The van der Waals surface area contributed by atoms with Gasteiger partial charge in [0.05, 0.1) is 10.3 Å². The molecule has 4 rings (SSSR count). The first-order valence-corrected chi connectivity index (χ1v) is 13.7. The summed E-state index contributed by atoms with van der Waals surface area (Å²) in [5.74, 6) is -0.740. The van der Waals surface area contributed by atoms with Gasteiger partial charge >= 0.3 is 0 Å². The van der Waals surface area contributed by atoms with Crippen molar-refractivity contribution in [2.45, 2.75) is 17.1 Å². The molecule has 4 aromatic rings. The molecule has 1 unspecified atom stereocenters. The first-order valence-electron chi connectivity index (χ1n) is 12.1. The summed E-state index contributed by atoms with van der Waals surface area (Å²) in [6.07, 6.45) is 2.99. The lowest BCUT2D eigenvalue weighted by Gasteiger charge is -2.13. The highest BCUT2D eigenvalue weighted by Crippen LogP contribution is 2.26. The number of thioether (sulfide) groups is 1. The van der Waals surface area contributed by atoms with Gasteiger partial charge in [0.15, 0.2) is 0 Å². The fourth-order valence-electron chi connectivity index (χ4n) is 3.44. The molecular formula is C30H24Cl2N4O3S. The first kappa shape index (κ1) is 28.9. The molecule has 202 valence electrons. The number of hydrogen-bond acceptors (Lipinski definition) is 5. The Labute approximate surface area is 246 Å². The Morgan fingerprint density at radius 1 is 0.850 bits per heavy atom. The molecule has 1 atom stereocenters. The van der Waals surface area contributed by atoms with Gasteiger partial charge in [-0.1, -0.05) is 59.6 Å². The van der Waals surface area contributed by atoms with Crippen LogP contribution in [0, 0.1) is 0 Å². The lowest BCUT2D eigenvalue weighted by Crippen LogP contribution is -2.30. The average Bonchev–Trinajstić information content (AvgIpc) is 2.96. The van der Waals surface area contributed by atoms with Crippen molar-refractivity contribution in [3.8, 4) is 0 Å². The van der Waals surface area contributed by atoms with Crippen molar-refractivity contribution in [1.82, 2.24) is 10.3 Å². The lowest BCUT2D eigenvalue weighted by molar-refractivity contribution is -0.115. The molecule has 10 heteroatoms. The largest absolute Gasteiger partial charge is 0.321 e. The van der Waals surface area contributed by atoms with Crippen LogP contribution in [-0.2, 0) is 9.59 Å². The van der Waals surface area contributed by atoms with Gasteiger partial charge in [-0.25, -0.2) is 4.98 Å². The monoisotopic (exact) mass is 590 g/mol. The molecule has 0 aliphatic heterocycles. The summed E-state index contributed by atoms with van der Waals surface area (Å²) in [5, 5.41) is 8.77. The van der Waals surface area contributed by atoms with E-state index in [9.17, 15) is 14.4 Å². The second kappa shape index (κ2) is 13.8. The third-order valence-corrected chi connectivity index (χ3v) is 7.19. The van der Waals surface area contributed by atoms with Crippen molar-refractivity contribution in [3.63, 3.8) is 0 Å². The molecule has 0 spiro atoms.